The predicted molar refractivity (Wildman–Crippen MR) is 107 cm³/mol. The fraction of sp³-hybridized carbons (Fsp3) is 0.682. The highest BCUT2D eigenvalue weighted by atomic mass is 16.5. The van der Waals surface area contributed by atoms with E-state index in [-0.39, 0.29) is 0 Å². The van der Waals surface area contributed by atoms with Crippen molar-refractivity contribution < 1.29 is 14.4 Å². The minimum atomic E-state index is 0.381. The lowest BCUT2D eigenvalue weighted by molar-refractivity contribution is -0.892. The number of carbonyl (C=O) groups is 1. The number of piperazine rings is 1. The molecule has 2 heterocycles. The van der Waals surface area contributed by atoms with Crippen LogP contribution in [-0.2, 0) is 4.79 Å². The van der Waals surface area contributed by atoms with E-state index in [2.05, 4.69) is 21.9 Å². The monoisotopic (exact) mass is 372 g/mol. The maximum atomic E-state index is 12.8. The molecular weight excluding hydrogens is 338 g/mol. The molecule has 5 heteroatoms. The zero-order chi connectivity index (χ0) is 18.6. The summed E-state index contributed by atoms with van der Waals surface area (Å²) in [6.07, 6.45) is 6.73. The van der Waals surface area contributed by atoms with E-state index in [1.165, 1.54) is 42.7 Å². The second-order valence-corrected chi connectivity index (χ2v) is 8.54. The summed E-state index contributed by atoms with van der Waals surface area (Å²) in [5.41, 5.74) is 1.25. The van der Waals surface area contributed by atoms with E-state index in [4.69, 9.17) is 4.74 Å². The molecule has 0 radical (unpaired) electrons. The molecule has 1 aromatic carbocycles. The Labute approximate surface area is 163 Å². The first-order valence-electron chi connectivity index (χ1n) is 10.7. The number of benzene rings is 1. The molecule has 1 N–H and O–H groups in total. The van der Waals surface area contributed by atoms with Gasteiger partial charge in [0.1, 0.15) is 5.75 Å². The van der Waals surface area contributed by atoms with E-state index >= 15 is 0 Å². The van der Waals surface area contributed by atoms with Crippen molar-refractivity contribution in [3.8, 4) is 5.75 Å². The summed E-state index contributed by atoms with van der Waals surface area (Å²) in [5.74, 6) is 2.95. The number of nitrogens with one attached hydrogen (secondary N) is 1. The highest BCUT2D eigenvalue weighted by molar-refractivity contribution is 5.77. The number of hydrogen-bond acceptors (Lipinski definition) is 3. The Morgan fingerprint density at radius 2 is 1.74 bits per heavy atom. The number of fused-ring (bicyclic) bond motifs is 1. The van der Waals surface area contributed by atoms with Crippen molar-refractivity contribution in [2.75, 3.05) is 57.8 Å². The van der Waals surface area contributed by atoms with Crippen LogP contribution in [0.1, 0.15) is 32.1 Å². The first-order chi connectivity index (χ1) is 13.2. The molecule has 1 saturated carbocycles. The van der Waals surface area contributed by atoms with Gasteiger partial charge in [0.15, 0.2) is 6.54 Å². The van der Waals surface area contributed by atoms with Gasteiger partial charge in [0.25, 0.3) is 5.91 Å². The van der Waals surface area contributed by atoms with Gasteiger partial charge < -0.3 is 19.4 Å². The standard InChI is InChI=1S/C22H33N3O2/c1-27-21-8-6-20(7-9-21)24-14-12-23(13-15-24)17-22(26)25-11-10-18-4-2-3-5-19(18)16-25/h6-9,18-19H,2-5,10-17H2,1H3/p+1/t18-,19+/m0/s1. The molecule has 3 aliphatic rings. The van der Waals surface area contributed by atoms with Crippen molar-refractivity contribution in [2.45, 2.75) is 32.1 Å². The number of hydrogen-bond donors (Lipinski definition) is 1. The minimum absolute atomic E-state index is 0.381. The van der Waals surface area contributed by atoms with Crippen molar-refractivity contribution in [3.63, 3.8) is 0 Å². The van der Waals surface area contributed by atoms with Crippen LogP contribution in [0.25, 0.3) is 0 Å². The molecule has 148 valence electrons. The van der Waals surface area contributed by atoms with Crippen LogP contribution in [0.2, 0.25) is 0 Å². The van der Waals surface area contributed by atoms with Gasteiger partial charge in [0.05, 0.1) is 33.3 Å². The van der Waals surface area contributed by atoms with E-state index in [1.54, 1.807) is 7.11 Å². The molecule has 3 fully saturated rings. The van der Waals surface area contributed by atoms with Crippen molar-refractivity contribution in [2.24, 2.45) is 11.8 Å². The third-order valence-corrected chi connectivity index (χ3v) is 6.95. The third kappa shape index (κ3) is 4.40. The maximum Gasteiger partial charge on any atom is 0.277 e. The molecule has 0 spiro atoms. The lowest BCUT2D eigenvalue weighted by Crippen LogP contribution is -3.16. The molecule has 4 rings (SSSR count). The fourth-order valence-electron chi connectivity index (χ4n) is 5.20. The Bertz CT molecular complexity index is 625. The largest absolute Gasteiger partial charge is 0.497 e. The number of nitrogens with zero attached hydrogens (tertiary/aromatic N) is 2. The topological polar surface area (TPSA) is 37.2 Å². The highest BCUT2D eigenvalue weighted by Gasteiger charge is 2.34. The van der Waals surface area contributed by atoms with Gasteiger partial charge in [-0.25, -0.2) is 0 Å². The highest BCUT2D eigenvalue weighted by Crippen LogP contribution is 2.35. The number of anilines is 1. The number of methoxy groups -OCH3 is 1. The lowest BCUT2D eigenvalue weighted by atomic mass is 9.75. The SMILES string of the molecule is COc1ccc(N2CC[NH+](CC(=O)N3CC[C@@H]4CCCC[C@@H]4C3)CC2)cc1. The van der Waals surface area contributed by atoms with Crippen LogP contribution in [0.4, 0.5) is 5.69 Å². The van der Waals surface area contributed by atoms with Gasteiger partial charge in [0, 0.05) is 18.8 Å². The summed E-state index contributed by atoms with van der Waals surface area (Å²) in [6, 6.07) is 8.30. The van der Waals surface area contributed by atoms with Gasteiger partial charge in [-0.05, 0) is 48.9 Å². The molecule has 2 atom stereocenters. The summed E-state index contributed by atoms with van der Waals surface area (Å²) >= 11 is 0. The van der Waals surface area contributed by atoms with Crippen molar-refractivity contribution in [1.29, 1.82) is 0 Å². The second-order valence-electron chi connectivity index (χ2n) is 8.54. The molecule has 1 amide bonds. The predicted octanol–water partition coefficient (Wildman–Crippen LogP) is 1.44. The number of amides is 1. The maximum absolute atomic E-state index is 12.8. The summed E-state index contributed by atoms with van der Waals surface area (Å²) in [5, 5.41) is 0. The third-order valence-electron chi connectivity index (χ3n) is 6.95. The molecule has 2 aliphatic heterocycles. The van der Waals surface area contributed by atoms with Gasteiger partial charge >= 0.3 is 0 Å². The average molecular weight is 373 g/mol. The van der Waals surface area contributed by atoms with Gasteiger partial charge in [-0.15, -0.1) is 0 Å². The minimum Gasteiger partial charge on any atom is -0.497 e. The summed E-state index contributed by atoms with van der Waals surface area (Å²) < 4.78 is 5.24. The fourth-order valence-corrected chi connectivity index (χ4v) is 5.20. The van der Waals surface area contributed by atoms with Crippen LogP contribution >= 0.6 is 0 Å². The number of ether oxygens (including phenoxy) is 1. The Morgan fingerprint density at radius 1 is 1.04 bits per heavy atom. The first kappa shape index (κ1) is 18.6. The molecule has 1 aromatic rings. The van der Waals surface area contributed by atoms with Crippen LogP contribution in [-0.4, -0.2) is 63.7 Å². The Morgan fingerprint density at radius 3 is 2.44 bits per heavy atom. The number of likely N-dealkylation sites (tertiary alicyclic amines) is 1. The van der Waals surface area contributed by atoms with E-state index in [0.29, 0.717) is 12.5 Å². The quantitative estimate of drug-likeness (QED) is 0.869. The van der Waals surface area contributed by atoms with Crippen molar-refractivity contribution >= 4 is 11.6 Å². The van der Waals surface area contributed by atoms with E-state index in [1.807, 2.05) is 12.1 Å². The van der Waals surface area contributed by atoms with Crippen LogP contribution in [0.5, 0.6) is 5.75 Å². The van der Waals surface area contributed by atoms with Gasteiger partial charge in [-0.3, -0.25) is 4.79 Å². The Balaban J connectivity index is 1.24. The molecule has 0 bridgehead atoms. The molecule has 5 nitrogen and oxygen atoms in total. The number of carbonyl (C=O) groups excluding carboxylic acids is 1. The molecular formula is C22H34N3O2+. The number of piperidine rings is 1. The van der Waals surface area contributed by atoms with Gasteiger partial charge in [-0.2, -0.15) is 0 Å². The Kier molecular flexibility index (Phi) is 5.86. The van der Waals surface area contributed by atoms with Gasteiger partial charge in [-0.1, -0.05) is 19.3 Å². The summed E-state index contributed by atoms with van der Waals surface area (Å²) in [6.45, 7) is 6.79. The normalized spacial score (nSPS) is 26.6. The molecule has 27 heavy (non-hydrogen) atoms. The number of rotatable bonds is 4. The average Bonchev–Trinajstić information content (AvgIpc) is 2.74. The molecule has 0 unspecified atom stereocenters. The molecule has 0 aromatic heterocycles. The molecule has 2 saturated heterocycles. The van der Waals surface area contributed by atoms with Gasteiger partial charge in [0.2, 0.25) is 0 Å². The zero-order valence-electron chi connectivity index (χ0n) is 16.7. The number of quaternary nitrogens is 1. The van der Waals surface area contributed by atoms with E-state index in [9.17, 15) is 4.79 Å². The van der Waals surface area contributed by atoms with Crippen LogP contribution in [0, 0.1) is 11.8 Å². The van der Waals surface area contributed by atoms with Crippen molar-refractivity contribution in [3.05, 3.63) is 24.3 Å². The van der Waals surface area contributed by atoms with Crippen molar-refractivity contribution in [1.82, 2.24) is 4.90 Å². The van der Waals surface area contributed by atoms with E-state index in [0.717, 1.165) is 56.9 Å². The second kappa shape index (κ2) is 8.51. The molecule has 1 aliphatic carbocycles. The van der Waals surface area contributed by atoms with E-state index < -0.39 is 0 Å². The van der Waals surface area contributed by atoms with Crippen LogP contribution in [0.3, 0.4) is 0 Å². The summed E-state index contributed by atoms with van der Waals surface area (Å²) in [7, 11) is 1.70. The van der Waals surface area contributed by atoms with Crippen LogP contribution < -0.4 is 14.5 Å². The first-order valence-corrected chi connectivity index (χ1v) is 10.7. The van der Waals surface area contributed by atoms with Crippen LogP contribution in [0.15, 0.2) is 24.3 Å². The smallest absolute Gasteiger partial charge is 0.277 e. The summed E-state index contributed by atoms with van der Waals surface area (Å²) in [4.78, 5) is 18.9. The Hall–Kier alpha value is -1.75. The zero-order valence-corrected chi connectivity index (χ0v) is 16.7. The lowest BCUT2D eigenvalue weighted by Gasteiger charge is -2.41.